The Morgan fingerprint density at radius 1 is 1.36 bits per heavy atom. The molecule has 0 atom stereocenters. The van der Waals surface area contributed by atoms with Gasteiger partial charge in [0.15, 0.2) is 0 Å². The van der Waals surface area contributed by atoms with Crippen LogP contribution in [0.2, 0.25) is 0 Å². The van der Waals surface area contributed by atoms with Crippen LogP contribution in [0.4, 0.5) is 0 Å². The first-order valence-electron chi connectivity index (χ1n) is 3.36. The summed E-state index contributed by atoms with van der Waals surface area (Å²) in [7, 11) is 0. The Bertz CT molecular complexity index is 221. The molecule has 0 spiro atoms. The van der Waals surface area contributed by atoms with Gasteiger partial charge in [-0.2, -0.15) is 0 Å². The highest BCUT2D eigenvalue weighted by molar-refractivity contribution is 5.53. The number of rotatable bonds is 3. The first kappa shape index (κ1) is 7.60. The number of hydrogen-bond donors (Lipinski definition) is 2. The molecule has 0 saturated heterocycles. The Labute approximate surface area is 65.4 Å². The highest BCUT2D eigenvalue weighted by Gasteiger charge is 1.85. The zero-order valence-electron chi connectivity index (χ0n) is 6.07. The Kier molecular flexibility index (Phi) is 2.99. The molecule has 0 bridgehead atoms. The Balaban J connectivity index is 2.39. The van der Waals surface area contributed by atoms with Gasteiger partial charge in [0.1, 0.15) is 6.34 Å². The second-order valence-corrected chi connectivity index (χ2v) is 2.11. The second kappa shape index (κ2) is 4.33. The molecule has 2 N–H and O–H groups in total. The minimum Gasteiger partial charge on any atom is -0.410 e. The molecule has 0 heterocycles. The molecule has 0 unspecified atom stereocenters. The van der Waals surface area contributed by atoms with Gasteiger partial charge in [0.05, 0.1) is 0 Å². The average molecular weight is 150 g/mol. The largest absolute Gasteiger partial charge is 0.410 e. The number of hydrogen-bond acceptors (Lipinski definition) is 2. The summed E-state index contributed by atoms with van der Waals surface area (Å²) in [4.78, 5) is 0. The van der Waals surface area contributed by atoms with Crippen molar-refractivity contribution in [3.63, 3.8) is 0 Å². The fraction of sp³-hybridized carbons (Fsp3) is 0.125. The van der Waals surface area contributed by atoms with Gasteiger partial charge < -0.3 is 10.5 Å². The fourth-order valence-electron chi connectivity index (χ4n) is 0.800. The number of benzene rings is 1. The standard InChI is InChI=1S/C8H10N2O/c11-10-7-9-6-8-4-2-1-3-5-8/h1-5,7,11H,6H2,(H,9,10). The SMILES string of the molecule is ON=CNCc1ccccc1. The van der Waals surface area contributed by atoms with Crippen molar-refractivity contribution in [2.75, 3.05) is 0 Å². The zero-order valence-corrected chi connectivity index (χ0v) is 6.07. The Hall–Kier alpha value is -1.51. The van der Waals surface area contributed by atoms with Crippen molar-refractivity contribution in [3.8, 4) is 0 Å². The van der Waals surface area contributed by atoms with E-state index in [1.54, 1.807) is 0 Å². The van der Waals surface area contributed by atoms with Gasteiger partial charge >= 0.3 is 0 Å². The summed E-state index contributed by atoms with van der Waals surface area (Å²) in [5.74, 6) is 0. The van der Waals surface area contributed by atoms with Crippen LogP contribution in [0.3, 0.4) is 0 Å². The normalized spacial score (nSPS) is 10.2. The summed E-state index contributed by atoms with van der Waals surface area (Å²) in [5, 5.41) is 13.7. The van der Waals surface area contributed by atoms with Crippen molar-refractivity contribution in [2.24, 2.45) is 5.16 Å². The topological polar surface area (TPSA) is 44.6 Å². The molecule has 0 saturated carbocycles. The highest BCUT2D eigenvalue weighted by Crippen LogP contribution is 1.95. The molecule has 0 aliphatic heterocycles. The van der Waals surface area contributed by atoms with Gasteiger partial charge in [0.2, 0.25) is 0 Å². The maximum atomic E-state index is 8.05. The summed E-state index contributed by atoms with van der Waals surface area (Å²) in [5.41, 5.74) is 1.16. The molecule has 58 valence electrons. The predicted octanol–water partition coefficient (Wildman–Crippen LogP) is 1.19. The lowest BCUT2D eigenvalue weighted by Crippen LogP contribution is -2.09. The van der Waals surface area contributed by atoms with Crippen LogP contribution < -0.4 is 5.32 Å². The second-order valence-electron chi connectivity index (χ2n) is 2.11. The molecule has 0 aliphatic carbocycles. The van der Waals surface area contributed by atoms with Crippen molar-refractivity contribution in [1.29, 1.82) is 0 Å². The molecule has 11 heavy (non-hydrogen) atoms. The molecule has 0 aromatic heterocycles. The molecule has 0 amide bonds. The van der Waals surface area contributed by atoms with Gasteiger partial charge in [-0.1, -0.05) is 35.5 Å². The van der Waals surface area contributed by atoms with Gasteiger partial charge in [-0.25, -0.2) is 0 Å². The zero-order chi connectivity index (χ0) is 7.94. The summed E-state index contributed by atoms with van der Waals surface area (Å²) < 4.78 is 0. The smallest absolute Gasteiger partial charge is 0.128 e. The third-order valence-electron chi connectivity index (χ3n) is 1.30. The van der Waals surface area contributed by atoms with Crippen molar-refractivity contribution in [1.82, 2.24) is 5.32 Å². The molecular formula is C8H10N2O. The monoisotopic (exact) mass is 150 g/mol. The Morgan fingerprint density at radius 2 is 2.09 bits per heavy atom. The lowest BCUT2D eigenvalue weighted by molar-refractivity contribution is 0.319. The predicted molar refractivity (Wildman–Crippen MR) is 43.6 cm³/mol. The van der Waals surface area contributed by atoms with E-state index in [2.05, 4.69) is 10.5 Å². The average Bonchev–Trinajstić information content (AvgIpc) is 2.07. The third kappa shape index (κ3) is 2.71. The van der Waals surface area contributed by atoms with Gasteiger partial charge in [0, 0.05) is 6.54 Å². The van der Waals surface area contributed by atoms with Crippen LogP contribution in [-0.4, -0.2) is 11.5 Å². The van der Waals surface area contributed by atoms with E-state index in [0.717, 1.165) is 5.56 Å². The molecule has 0 radical (unpaired) electrons. The van der Waals surface area contributed by atoms with E-state index in [-0.39, 0.29) is 0 Å². The third-order valence-corrected chi connectivity index (χ3v) is 1.30. The molecular weight excluding hydrogens is 140 g/mol. The summed E-state index contributed by atoms with van der Waals surface area (Å²) in [6, 6.07) is 9.89. The van der Waals surface area contributed by atoms with E-state index in [9.17, 15) is 0 Å². The van der Waals surface area contributed by atoms with Crippen molar-refractivity contribution < 1.29 is 5.21 Å². The van der Waals surface area contributed by atoms with E-state index in [4.69, 9.17) is 5.21 Å². The number of oxime groups is 1. The lowest BCUT2D eigenvalue weighted by Gasteiger charge is -1.97. The van der Waals surface area contributed by atoms with E-state index in [1.807, 2.05) is 30.3 Å². The van der Waals surface area contributed by atoms with Crippen LogP contribution >= 0.6 is 0 Å². The van der Waals surface area contributed by atoms with Crippen molar-refractivity contribution in [3.05, 3.63) is 35.9 Å². The molecule has 3 nitrogen and oxygen atoms in total. The first-order chi connectivity index (χ1) is 5.43. The van der Waals surface area contributed by atoms with Crippen molar-refractivity contribution in [2.45, 2.75) is 6.54 Å². The quantitative estimate of drug-likeness (QED) is 0.294. The molecule has 0 aliphatic rings. The summed E-state index contributed by atoms with van der Waals surface area (Å²) >= 11 is 0. The number of nitrogens with zero attached hydrogens (tertiary/aromatic N) is 1. The fourth-order valence-corrected chi connectivity index (χ4v) is 0.800. The lowest BCUT2D eigenvalue weighted by atomic mass is 10.2. The number of nitrogens with one attached hydrogen (secondary N) is 1. The van der Waals surface area contributed by atoms with E-state index in [0.29, 0.717) is 6.54 Å². The van der Waals surface area contributed by atoms with Crippen LogP contribution in [0.5, 0.6) is 0 Å². The van der Waals surface area contributed by atoms with Crippen LogP contribution in [0, 0.1) is 0 Å². The maximum absolute atomic E-state index is 8.05. The van der Waals surface area contributed by atoms with Gasteiger partial charge in [-0.05, 0) is 5.56 Å². The van der Waals surface area contributed by atoms with Crippen LogP contribution in [-0.2, 0) is 6.54 Å². The molecule has 1 rings (SSSR count). The Morgan fingerprint density at radius 3 is 2.73 bits per heavy atom. The van der Waals surface area contributed by atoms with E-state index >= 15 is 0 Å². The van der Waals surface area contributed by atoms with E-state index in [1.165, 1.54) is 6.34 Å². The molecule has 3 heteroatoms. The van der Waals surface area contributed by atoms with Gasteiger partial charge in [-0.15, -0.1) is 0 Å². The minimum atomic E-state index is 0.685. The van der Waals surface area contributed by atoms with Gasteiger partial charge in [-0.3, -0.25) is 0 Å². The molecule has 1 aromatic carbocycles. The highest BCUT2D eigenvalue weighted by atomic mass is 16.4. The summed E-state index contributed by atoms with van der Waals surface area (Å²) in [6.45, 7) is 0.685. The van der Waals surface area contributed by atoms with Crippen molar-refractivity contribution >= 4 is 6.34 Å². The maximum Gasteiger partial charge on any atom is 0.128 e. The van der Waals surface area contributed by atoms with E-state index < -0.39 is 0 Å². The first-order valence-corrected chi connectivity index (χ1v) is 3.36. The molecule has 0 fully saturated rings. The van der Waals surface area contributed by atoms with Crippen LogP contribution in [0.1, 0.15) is 5.56 Å². The summed E-state index contributed by atoms with van der Waals surface area (Å²) in [6.07, 6.45) is 1.26. The minimum absolute atomic E-state index is 0.685. The van der Waals surface area contributed by atoms with Gasteiger partial charge in [0.25, 0.3) is 0 Å². The van der Waals surface area contributed by atoms with Crippen LogP contribution in [0.25, 0.3) is 0 Å². The molecule has 1 aromatic rings. The van der Waals surface area contributed by atoms with Crippen LogP contribution in [0.15, 0.2) is 35.5 Å².